The Morgan fingerprint density at radius 3 is 2.55 bits per heavy atom. The summed E-state index contributed by atoms with van der Waals surface area (Å²) in [6.45, 7) is 0.177. The highest BCUT2D eigenvalue weighted by molar-refractivity contribution is 9.10. The second-order valence-corrected chi connectivity index (χ2v) is 6.68. The van der Waals surface area contributed by atoms with Crippen LogP contribution in [0.25, 0.3) is 10.8 Å². The molecule has 0 aliphatic carbocycles. The molecular formula is C16H13BrClF2NO. The molecule has 1 aliphatic rings. The Labute approximate surface area is 140 Å². The van der Waals surface area contributed by atoms with Gasteiger partial charge < -0.3 is 4.90 Å². The van der Waals surface area contributed by atoms with Crippen LogP contribution in [-0.4, -0.2) is 29.8 Å². The van der Waals surface area contributed by atoms with E-state index in [1.165, 1.54) is 4.90 Å². The second-order valence-electron chi connectivity index (χ2n) is 5.45. The van der Waals surface area contributed by atoms with Crippen molar-refractivity contribution in [3.63, 3.8) is 0 Å². The van der Waals surface area contributed by atoms with Crippen molar-refractivity contribution in [1.29, 1.82) is 0 Å². The topological polar surface area (TPSA) is 20.3 Å². The number of carbonyl (C=O) groups is 1. The molecule has 0 saturated carbocycles. The highest BCUT2D eigenvalue weighted by Crippen LogP contribution is 2.32. The Bertz CT molecular complexity index is 740. The van der Waals surface area contributed by atoms with Crippen molar-refractivity contribution >= 4 is 44.2 Å². The Morgan fingerprint density at radius 1 is 1.18 bits per heavy atom. The van der Waals surface area contributed by atoms with Crippen LogP contribution in [0.3, 0.4) is 0 Å². The van der Waals surface area contributed by atoms with E-state index in [0.29, 0.717) is 10.6 Å². The van der Waals surface area contributed by atoms with Crippen LogP contribution in [0.2, 0.25) is 5.02 Å². The zero-order valence-corrected chi connectivity index (χ0v) is 13.9. The SMILES string of the molecule is O=C(c1ccc2c(Cl)c(Br)ccc2c1)N1CCC(F)(F)CC1. The fourth-order valence-corrected chi connectivity index (χ4v) is 3.20. The maximum atomic E-state index is 13.2. The summed E-state index contributed by atoms with van der Waals surface area (Å²) in [7, 11) is 0. The van der Waals surface area contributed by atoms with E-state index in [9.17, 15) is 13.6 Å². The second kappa shape index (κ2) is 5.78. The monoisotopic (exact) mass is 387 g/mol. The minimum Gasteiger partial charge on any atom is -0.338 e. The van der Waals surface area contributed by atoms with E-state index in [-0.39, 0.29) is 31.8 Å². The van der Waals surface area contributed by atoms with Crippen molar-refractivity contribution < 1.29 is 13.6 Å². The molecule has 1 aliphatic heterocycles. The number of carbonyl (C=O) groups excluding carboxylic acids is 1. The van der Waals surface area contributed by atoms with Gasteiger partial charge in [0.1, 0.15) is 0 Å². The smallest absolute Gasteiger partial charge is 0.253 e. The molecule has 0 N–H and O–H groups in total. The van der Waals surface area contributed by atoms with Crippen molar-refractivity contribution in [3.05, 3.63) is 45.4 Å². The molecule has 2 aromatic carbocycles. The summed E-state index contributed by atoms with van der Waals surface area (Å²) >= 11 is 9.57. The molecule has 1 saturated heterocycles. The van der Waals surface area contributed by atoms with Crippen LogP contribution in [0.4, 0.5) is 8.78 Å². The van der Waals surface area contributed by atoms with Gasteiger partial charge in [0.05, 0.1) is 5.02 Å². The molecule has 2 nitrogen and oxygen atoms in total. The van der Waals surface area contributed by atoms with Crippen molar-refractivity contribution in [3.8, 4) is 0 Å². The molecule has 0 aromatic heterocycles. The number of piperidine rings is 1. The molecule has 3 rings (SSSR count). The molecule has 0 bridgehead atoms. The molecule has 6 heteroatoms. The molecule has 0 unspecified atom stereocenters. The highest BCUT2D eigenvalue weighted by Gasteiger charge is 2.35. The lowest BCUT2D eigenvalue weighted by molar-refractivity contribution is -0.0494. The van der Waals surface area contributed by atoms with Gasteiger partial charge in [0.15, 0.2) is 0 Å². The van der Waals surface area contributed by atoms with Gasteiger partial charge in [-0.1, -0.05) is 23.7 Å². The van der Waals surface area contributed by atoms with Crippen molar-refractivity contribution in [1.82, 2.24) is 4.90 Å². The van der Waals surface area contributed by atoms with E-state index in [1.54, 1.807) is 18.2 Å². The van der Waals surface area contributed by atoms with Gasteiger partial charge in [-0.25, -0.2) is 8.78 Å². The first-order valence-corrected chi connectivity index (χ1v) is 8.09. The molecular weight excluding hydrogens is 376 g/mol. The van der Waals surface area contributed by atoms with Gasteiger partial charge in [0.25, 0.3) is 11.8 Å². The average Bonchev–Trinajstić information content (AvgIpc) is 2.50. The molecule has 1 amide bonds. The minimum absolute atomic E-state index is 0.0883. The Hall–Kier alpha value is -1.20. The maximum Gasteiger partial charge on any atom is 0.253 e. The maximum absolute atomic E-state index is 13.2. The number of alkyl halides is 2. The summed E-state index contributed by atoms with van der Waals surface area (Å²) in [4.78, 5) is 13.9. The van der Waals surface area contributed by atoms with Gasteiger partial charge in [-0.15, -0.1) is 0 Å². The van der Waals surface area contributed by atoms with E-state index in [1.807, 2.05) is 12.1 Å². The predicted octanol–water partition coefficient (Wildman–Crippen LogP) is 5.13. The van der Waals surface area contributed by atoms with Gasteiger partial charge >= 0.3 is 0 Å². The third-order valence-electron chi connectivity index (χ3n) is 3.94. The standard InChI is InChI=1S/C16H13BrClF2NO/c17-13-4-2-10-9-11(1-3-12(10)14(13)18)15(22)21-7-5-16(19,20)6-8-21/h1-4,9H,5-8H2. The zero-order chi connectivity index (χ0) is 15.9. The van der Waals surface area contributed by atoms with Crippen LogP contribution in [-0.2, 0) is 0 Å². The summed E-state index contributed by atoms with van der Waals surface area (Å²) < 4.78 is 27.1. The number of benzene rings is 2. The molecule has 1 heterocycles. The van der Waals surface area contributed by atoms with Gasteiger partial charge in [0.2, 0.25) is 0 Å². The quantitative estimate of drug-likeness (QED) is 0.663. The van der Waals surface area contributed by atoms with Crippen LogP contribution < -0.4 is 0 Å². The van der Waals surface area contributed by atoms with Crippen LogP contribution in [0.5, 0.6) is 0 Å². The van der Waals surface area contributed by atoms with E-state index >= 15 is 0 Å². The lowest BCUT2D eigenvalue weighted by atomic mass is 10.0. The largest absolute Gasteiger partial charge is 0.338 e. The number of halogens is 4. The molecule has 22 heavy (non-hydrogen) atoms. The van der Waals surface area contributed by atoms with Crippen LogP contribution in [0.1, 0.15) is 23.2 Å². The van der Waals surface area contributed by atoms with E-state index in [2.05, 4.69) is 15.9 Å². The van der Waals surface area contributed by atoms with Crippen LogP contribution in [0.15, 0.2) is 34.8 Å². The first kappa shape index (κ1) is 15.7. The number of nitrogens with zero attached hydrogens (tertiary/aromatic N) is 1. The first-order chi connectivity index (χ1) is 10.4. The summed E-state index contributed by atoms with van der Waals surface area (Å²) in [5, 5.41) is 2.29. The van der Waals surface area contributed by atoms with E-state index in [4.69, 9.17) is 11.6 Å². The molecule has 116 valence electrons. The average molecular weight is 389 g/mol. The normalized spacial score (nSPS) is 17.7. The fraction of sp³-hybridized carbons (Fsp3) is 0.312. The number of rotatable bonds is 1. The van der Waals surface area contributed by atoms with Gasteiger partial charge in [-0.3, -0.25) is 4.79 Å². The predicted molar refractivity (Wildman–Crippen MR) is 86.7 cm³/mol. The lowest BCUT2D eigenvalue weighted by Crippen LogP contribution is -2.42. The molecule has 0 radical (unpaired) electrons. The Balaban J connectivity index is 1.87. The lowest BCUT2D eigenvalue weighted by Gasteiger charge is -2.31. The Morgan fingerprint density at radius 2 is 1.86 bits per heavy atom. The van der Waals surface area contributed by atoms with Crippen molar-refractivity contribution in [2.75, 3.05) is 13.1 Å². The van der Waals surface area contributed by atoms with Gasteiger partial charge in [-0.2, -0.15) is 0 Å². The minimum atomic E-state index is -2.65. The zero-order valence-electron chi connectivity index (χ0n) is 11.6. The van der Waals surface area contributed by atoms with E-state index in [0.717, 1.165) is 15.2 Å². The van der Waals surface area contributed by atoms with Gasteiger partial charge in [0, 0.05) is 41.4 Å². The molecule has 0 spiro atoms. The highest BCUT2D eigenvalue weighted by atomic mass is 79.9. The third-order valence-corrected chi connectivity index (χ3v) is 5.23. The Kier molecular flexibility index (Phi) is 4.12. The molecule has 2 aromatic rings. The van der Waals surface area contributed by atoms with Crippen LogP contribution >= 0.6 is 27.5 Å². The van der Waals surface area contributed by atoms with E-state index < -0.39 is 5.92 Å². The first-order valence-electron chi connectivity index (χ1n) is 6.92. The summed E-state index contributed by atoms with van der Waals surface area (Å²) in [5.41, 5.74) is 0.496. The van der Waals surface area contributed by atoms with Gasteiger partial charge in [-0.05, 0) is 39.5 Å². The number of likely N-dealkylation sites (tertiary alicyclic amines) is 1. The summed E-state index contributed by atoms with van der Waals surface area (Å²) in [6, 6.07) is 8.92. The number of amides is 1. The van der Waals surface area contributed by atoms with Crippen LogP contribution in [0, 0.1) is 0 Å². The fourth-order valence-electron chi connectivity index (χ4n) is 2.62. The summed E-state index contributed by atoms with van der Waals surface area (Å²) in [5.74, 6) is -2.86. The number of fused-ring (bicyclic) bond motifs is 1. The van der Waals surface area contributed by atoms with Crippen molar-refractivity contribution in [2.45, 2.75) is 18.8 Å². The number of hydrogen-bond acceptors (Lipinski definition) is 1. The third kappa shape index (κ3) is 2.97. The molecule has 0 atom stereocenters. The molecule has 1 fully saturated rings. The summed E-state index contributed by atoms with van der Waals surface area (Å²) in [6.07, 6.45) is -0.545. The van der Waals surface area contributed by atoms with Crippen molar-refractivity contribution in [2.24, 2.45) is 0 Å². The number of hydrogen-bond donors (Lipinski definition) is 0.